The summed E-state index contributed by atoms with van der Waals surface area (Å²) in [4.78, 5) is 0. The monoisotopic (exact) mass is 205 g/mol. The fourth-order valence-electron chi connectivity index (χ4n) is 1.84. The van der Waals surface area contributed by atoms with Crippen LogP contribution in [-0.2, 0) is 0 Å². The molecule has 0 bridgehead atoms. The first kappa shape index (κ1) is 10.5. The Labute approximate surface area is 91.3 Å². The van der Waals surface area contributed by atoms with Crippen molar-refractivity contribution in [2.45, 2.75) is 32.3 Å². The summed E-state index contributed by atoms with van der Waals surface area (Å²) in [5.74, 6) is 0.876. The van der Waals surface area contributed by atoms with Crippen molar-refractivity contribution in [3.63, 3.8) is 0 Å². The molecule has 0 radical (unpaired) electrons. The van der Waals surface area contributed by atoms with Gasteiger partial charge >= 0.3 is 0 Å². The van der Waals surface area contributed by atoms with Crippen LogP contribution in [0, 0.1) is 5.92 Å². The number of benzene rings is 1. The van der Waals surface area contributed by atoms with Gasteiger partial charge in [0.05, 0.1) is 6.10 Å². The van der Waals surface area contributed by atoms with E-state index in [-0.39, 0.29) is 6.10 Å². The van der Waals surface area contributed by atoms with E-state index in [1.807, 2.05) is 24.3 Å². The van der Waals surface area contributed by atoms with Gasteiger partial charge in [-0.25, -0.2) is 0 Å². The average molecular weight is 205 g/mol. The molecule has 1 aromatic carbocycles. The highest BCUT2D eigenvalue weighted by molar-refractivity contribution is 5.44. The Hall–Kier alpha value is -1.02. The highest BCUT2D eigenvalue weighted by atomic mass is 16.3. The van der Waals surface area contributed by atoms with Crippen molar-refractivity contribution in [2.24, 2.45) is 5.92 Å². The van der Waals surface area contributed by atoms with Gasteiger partial charge in [-0.1, -0.05) is 18.6 Å². The maximum Gasteiger partial charge on any atom is 0.0761 e. The normalized spacial score (nSPS) is 18.3. The minimum absolute atomic E-state index is 0.370. The molecule has 2 nitrogen and oxygen atoms in total. The quantitative estimate of drug-likeness (QED) is 0.792. The Morgan fingerprint density at radius 2 is 2.00 bits per heavy atom. The van der Waals surface area contributed by atoms with Crippen LogP contribution in [0.5, 0.6) is 0 Å². The number of nitrogens with one attached hydrogen (secondary N) is 1. The van der Waals surface area contributed by atoms with Gasteiger partial charge in [0.1, 0.15) is 0 Å². The van der Waals surface area contributed by atoms with E-state index in [2.05, 4.69) is 5.32 Å². The lowest BCUT2D eigenvalue weighted by molar-refractivity contribution is 0.199. The third kappa shape index (κ3) is 2.72. The number of hydrogen-bond donors (Lipinski definition) is 2. The third-order valence-corrected chi connectivity index (χ3v) is 3.21. The molecule has 1 saturated carbocycles. The first-order valence-corrected chi connectivity index (χ1v) is 5.77. The standard InChI is InChI=1S/C13H19NO/c1-10(15)12-5-7-13(8-6-12)14-9-11-3-2-4-11/h5-8,10-11,14-15H,2-4,9H2,1H3/t10-/m0/s1. The predicted octanol–water partition coefficient (Wildman–Crippen LogP) is 2.95. The minimum atomic E-state index is -0.370. The molecule has 1 fully saturated rings. The summed E-state index contributed by atoms with van der Waals surface area (Å²) in [5, 5.41) is 12.8. The summed E-state index contributed by atoms with van der Waals surface area (Å²) in [6.07, 6.45) is 3.77. The SMILES string of the molecule is C[C@H](O)c1ccc(NCC2CCC2)cc1. The van der Waals surface area contributed by atoms with Gasteiger partial charge in [-0.15, -0.1) is 0 Å². The number of aliphatic hydroxyl groups excluding tert-OH is 1. The van der Waals surface area contributed by atoms with Crippen LogP contribution in [0.25, 0.3) is 0 Å². The van der Waals surface area contributed by atoms with E-state index in [1.165, 1.54) is 19.3 Å². The molecule has 2 heteroatoms. The molecule has 0 heterocycles. The first-order chi connectivity index (χ1) is 7.25. The predicted molar refractivity (Wildman–Crippen MR) is 62.9 cm³/mol. The van der Waals surface area contributed by atoms with Crippen LogP contribution in [0.15, 0.2) is 24.3 Å². The Bertz CT molecular complexity index is 301. The van der Waals surface area contributed by atoms with Crippen LogP contribution in [0.4, 0.5) is 5.69 Å². The van der Waals surface area contributed by atoms with Crippen molar-refractivity contribution < 1.29 is 5.11 Å². The second-order valence-electron chi connectivity index (χ2n) is 4.48. The second-order valence-corrected chi connectivity index (χ2v) is 4.48. The van der Waals surface area contributed by atoms with Gasteiger partial charge < -0.3 is 10.4 Å². The fraction of sp³-hybridized carbons (Fsp3) is 0.538. The van der Waals surface area contributed by atoms with E-state index in [0.29, 0.717) is 0 Å². The second kappa shape index (κ2) is 4.67. The molecule has 15 heavy (non-hydrogen) atoms. The smallest absolute Gasteiger partial charge is 0.0761 e. The van der Waals surface area contributed by atoms with Crippen LogP contribution in [0.1, 0.15) is 37.9 Å². The average Bonchev–Trinajstić information content (AvgIpc) is 2.16. The van der Waals surface area contributed by atoms with E-state index in [9.17, 15) is 5.11 Å². The van der Waals surface area contributed by atoms with E-state index < -0.39 is 0 Å². The van der Waals surface area contributed by atoms with Gasteiger partial charge in [-0.05, 0) is 43.4 Å². The van der Waals surface area contributed by atoms with Crippen LogP contribution in [0.2, 0.25) is 0 Å². The van der Waals surface area contributed by atoms with Crippen molar-refractivity contribution in [3.8, 4) is 0 Å². The zero-order chi connectivity index (χ0) is 10.7. The Balaban J connectivity index is 1.86. The molecule has 0 spiro atoms. The zero-order valence-corrected chi connectivity index (χ0v) is 9.24. The molecular formula is C13H19NO. The molecule has 0 aliphatic heterocycles. The van der Waals surface area contributed by atoms with Crippen LogP contribution in [-0.4, -0.2) is 11.7 Å². The van der Waals surface area contributed by atoms with E-state index in [1.54, 1.807) is 6.92 Å². The largest absolute Gasteiger partial charge is 0.389 e. The molecule has 1 aliphatic carbocycles. The van der Waals surface area contributed by atoms with Crippen LogP contribution in [0.3, 0.4) is 0 Å². The summed E-state index contributed by atoms with van der Waals surface area (Å²) in [6.45, 7) is 2.88. The number of anilines is 1. The summed E-state index contributed by atoms with van der Waals surface area (Å²) < 4.78 is 0. The van der Waals surface area contributed by atoms with E-state index in [0.717, 1.165) is 23.7 Å². The van der Waals surface area contributed by atoms with Crippen molar-refractivity contribution in [2.75, 3.05) is 11.9 Å². The molecule has 2 N–H and O–H groups in total. The molecule has 0 aromatic heterocycles. The Kier molecular flexibility index (Phi) is 3.27. The van der Waals surface area contributed by atoms with Gasteiger partial charge in [-0.2, -0.15) is 0 Å². The van der Waals surface area contributed by atoms with Crippen molar-refractivity contribution in [1.82, 2.24) is 0 Å². The minimum Gasteiger partial charge on any atom is -0.389 e. The van der Waals surface area contributed by atoms with Crippen molar-refractivity contribution >= 4 is 5.69 Å². The molecule has 82 valence electrons. The lowest BCUT2D eigenvalue weighted by Crippen LogP contribution is -2.20. The molecule has 1 atom stereocenters. The molecular weight excluding hydrogens is 186 g/mol. The van der Waals surface area contributed by atoms with E-state index in [4.69, 9.17) is 0 Å². The number of rotatable bonds is 4. The maximum absolute atomic E-state index is 9.36. The Morgan fingerprint density at radius 3 is 2.47 bits per heavy atom. The van der Waals surface area contributed by atoms with Crippen molar-refractivity contribution in [1.29, 1.82) is 0 Å². The highest BCUT2D eigenvalue weighted by Gasteiger charge is 2.16. The molecule has 2 rings (SSSR count). The van der Waals surface area contributed by atoms with Gasteiger partial charge in [-0.3, -0.25) is 0 Å². The maximum atomic E-state index is 9.36. The Morgan fingerprint density at radius 1 is 1.33 bits per heavy atom. The molecule has 1 aromatic rings. The first-order valence-electron chi connectivity index (χ1n) is 5.77. The molecule has 0 amide bonds. The van der Waals surface area contributed by atoms with Gasteiger partial charge in [0.25, 0.3) is 0 Å². The van der Waals surface area contributed by atoms with Crippen molar-refractivity contribution in [3.05, 3.63) is 29.8 Å². The lowest BCUT2D eigenvalue weighted by atomic mass is 9.85. The van der Waals surface area contributed by atoms with Gasteiger partial charge in [0.2, 0.25) is 0 Å². The fourth-order valence-corrected chi connectivity index (χ4v) is 1.84. The molecule has 0 unspecified atom stereocenters. The summed E-state index contributed by atoms with van der Waals surface area (Å²) in [5.41, 5.74) is 2.13. The molecule has 0 saturated heterocycles. The van der Waals surface area contributed by atoms with E-state index >= 15 is 0 Å². The van der Waals surface area contributed by atoms with Gasteiger partial charge in [0, 0.05) is 12.2 Å². The third-order valence-electron chi connectivity index (χ3n) is 3.21. The van der Waals surface area contributed by atoms with Crippen LogP contribution < -0.4 is 5.32 Å². The highest BCUT2D eigenvalue weighted by Crippen LogP contribution is 2.26. The lowest BCUT2D eigenvalue weighted by Gasteiger charge is -2.25. The van der Waals surface area contributed by atoms with Crippen LogP contribution >= 0.6 is 0 Å². The summed E-state index contributed by atoms with van der Waals surface area (Å²) in [6, 6.07) is 8.04. The zero-order valence-electron chi connectivity index (χ0n) is 9.24. The number of hydrogen-bond acceptors (Lipinski definition) is 2. The molecule has 1 aliphatic rings. The van der Waals surface area contributed by atoms with Gasteiger partial charge in [0.15, 0.2) is 0 Å². The summed E-state index contributed by atoms with van der Waals surface area (Å²) in [7, 11) is 0. The topological polar surface area (TPSA) is 32.3 Å². The number of aliphatic hydroxyl groups is 1. The summed E-state index contributed by atoms with van der Waals surface area (Å²) >= 11 is 0.